The van der Waals surface area contributed by atoms with Crippen LogP contribution in [0.3, 0.4) is 0 Å². The molecule has 0 saturated carbocycles. The standard InChI is InChI=1S/C23H26F3N9O/c1-33-18(6-7-29-33)30-22-31-20(27-8-9-34-10-12-36-13-11-34)19-21(32-22)35(15-28-19)14-16-2-4-17(5-3-16)23(24,25)26/h2-7,15H,8-14H2,1H3,(H2,27,30,31,32). The summed E-state index contributed by atoms with van der Waals surface area (Å²) < 4.78 is 47.7. The van der Waals surface area contributed by atoms with Crippen LogP contribution in [0.5, 0.6) is 0 Å². The third kappa shape index (κ3) is 5.41. The van der Waals surface area contributed by atoms with E-state index in [1.54, 1.807) is 34.9 Å². The molecule has 1 aliphatic rings. The predicted octanol–water partition coefficient (Wildman–Crippen LogP) is 3.11. The average Bonchev–Trinajstić information content (AvgIpc) is 3.45. The molecule has 0 unspecified atom stereocenters. The van der Waals surface area contributed by atoms with E-state index < -0.39 is 11.7 Å². The molecular formula is C23H26F3N9O. The summed E-state index contributed by atoms with van der Waals surface area (Å²) in [6, 6.07) is 6.89. The molecule has 1 aliphatic heterocycles. The second-order valence-electron chi connectivity index (χ2n) is 8.48. The van der Waals surface area contributed by atoms with Gasteiger partial charge in [-0.2, -0.15) is 28.2 Å². The van der Waals surface area contributed by atoms with Crippen molar-refractivity contribution < 1.29 is 17.9 Å². The highest BCUT2D eigenvalue weighted by molar-refractivity contribution is 5.84. The summed E-state index contributed by atoms with van der Waals surface area (Å²) in [4.78, 5) is 16.1. The molecule has 4 heterocycles. The number of fused-ring (bicyclic) bond motifs is 1. The largest absolute Gasteiger partial charge is 0.416 e. The molecule has 4 aromatic rings. The lowest BCUT2D eigenvalue weighted by molar-refractivity contribution is -0.137. The Bertz CT molecular complexity index is 1310. The van der Waals surface area contributed by atoms with Gasteiger partial charge in [0, 0.05) is 39.3 Å². The van der Waals surface area contributed by atoms with Gasteiger partial charge in [-0.15, -0.1) is 0 Å². The molecule has 0 bridgehead atoms. The number of nitrogens with one attached hydrogen (secondary N) is 2. The van der Waals surface area contributed by atoms with Crippen molar-refractivity contribution in [1.29, 1.82) is 0 Å². The van der Waals surface area contributed by atoms with Crippen LogP contribution in [0.2, 0.25) is 0 Å². The number of aromatic nitrogens is 6. The molecule has 0 aliphatic carbocycles. The quantitative estimate of drug-likeness (QED) is 0.380. The summed E-state index contributed by atoms with van der Waals surface area (Å²) in [5.74, 6) is 1.64. The summed E-state index contributed by atoms with van der Waals surface area (Å²) in [7, 11) is 1.80. The van der Waals surface area contributed by atoms with Gasteiger partial charge in [-0.05, 0) is 17.7 Å². The zero-order valence-corrected chi connectivity index (χ0v) is 19.7. The first-order chi connectivity index (χ1) is 17.4. The Kier molecular flexibility index (Phi) is 6.74. The first-order valence-corrected chi connectivity index (χ1v) is 11.5. The number of ether oxygens (including phenoxy) is 1. The van der Waals surface area contributed by atoms with Crippen molar-refractivity contribution in [3.05, 3.63) is 54.0 Å². The van der Waals surface area contributed by atoms with Crippen molar-refractivity contribution in [3.8, 4) is 0 Å². The van der Waals surface area contributed by atoms with Gasteiger partial charge in [0.1, 0.15) is 5.82 Å². The summed E-state index contributed by atoms with van der Waals surface area (Å²) in [5.41, 5.74) is 1.16. The minimum absolute atomic E-state index is 0.310. The number of aryl methyl sites for hydroxylation is 1. The van der Waals surface area contributed by atoms with Crippen LogP contribution in [0.25, 0.3) is 11.2 Å². The predicted molar refractivity (Wildman–Crippen MR) is 128 cm³/mol. The Morgan fingerprint density at radius 2 is 1.83 bits per heavy atom. The number of nitrogens with zero attached hydrogens (tertiary/aromatic N) is 7. The third-order valence-electron chi connectivity index (χ3n) is 5.98. The van der Waals surface area contributed by atoms with Crippen LogP contribution in [0.15, 0.2) is 42.9 Å². The number of rotatable bonds is 8. The number of halogens is 3. The van der Waals surface area contributed by atoms with E-state index >= 15 is 0 Å². The first kappa shape index (κ1) is 24.0. The van der Waals surface area contributed by atoms with Gasteiger partial charge in [0.05, 0.1) is 37.8 Å². The molecule has 36 heavy (non-hydrogen) atoms. The Labute approximate surface area is 205 Å². The van der Waals surface area contributed by atoms with E-state index in [9.17, 15) is 13.2 Å². The molecular weight excluding hydrogens is 475 g/mol. The number of morpholine rings is 1. The lowest BCUT2D eigenvalue weighted by Crippen LogP contribution is -2.39. The van der Waals surface area contributed by atoms with E-state index in [1.807, 2.05) is 0 Å². The number of alkyl halides is 3. The number of hydrogen-bond donors (Lipinski definition) is 2. The SMILES string of the molecule is Cn1nccc1Nc1nc(NCCN2CCOCC2)c2ncn(Cc3ccc(C(F)(F)F)cc3)c2n1. The van der Waals surface area contributed by atoms with Gasteiger partial charge in [-0.3, -0.25) is 9.58 Å². The molecule has 10 nitrogen and oxygen atoms in total. The van der Waals surface area contributed by atoms with Gasteiger partial charge in [0.25, 0.3) is 0 Å². The molecule has 0 spiro atoms. The Morgan fingerprint density at radius 3 is 2.53 bits per heavy atom. The maximum absolute atomic E-state index is 12.9. The second-order valence-corrected chi connectivity index (χ2v) is 8.48. The fourth-order valence-corrected chi connectivity index (χ4v) is 4.00. The minimum Gasteiger partial charge on any atom is -0.379 e. The van der Waals surface area contributed by atoms with Crippen molar-refractivity contribution in [3.63, 3.8) is 0 Å². The molecule has 1 fully saturated rings. The Morgan fingerprint density at radius 1 is 1.06 bits per heavy atom. The number of anilines is 3. The average molecular weight is 502 g/mol. The number of imidazole rings is 1. The molecule has 2 N–H and O–H groups in total. The van der Waals surface area contributed by atoms with E-state index in [4.69, 9.17) is 4.74 Å². The van der Waals surface area contributed by atoms with Gasteiger partial charge >= 0.3 is 6.18 Å². The minimum atomic E-state index is -4.37. The van der Waals surface area contributed by atoms with Crippen LogP contribution >= 0.6 is 0 Å². The maximum Gasteiger partial charge on any atom is 0.416 e. The fraction of sp³-hybridized carbons (Fsp3) is 0.391. The highest BCUT2D eigenvalue weighted by Crippen LogP contribution is 2.29. The van der Waals surface area contributed by atoms with E-state index in [0.717, 1.165) is 45.0 Å². The molecule has 0 atom stereocenters. The van der Waals surface area contributed by atoms with Crippen LogP contribution < -0.4 is 10.6 Å². The normalized spacial score (nSPS) is 14.9. The van der Waals surface area contributed by atoms with Crippen molar-refractivity contribution >= 4 is 28.7 Å². The monoisotopic (exact) mass is 501 g/mol. The molecule has 190 valence electrons. The van der Waals surface area contributed by atoms with Gasteiger partial charge in [0.2, 0.25) is 5.95 Å². The van der Waals surface area contributed by atoms with Crippen molar-refractivity contribution in [2.45, 2.75) is 12.7 Å². The van der Waals surface area contributed by atoms with Gasteiger partial charge < -0.3 is 19.9 Å². The first-order valence-electron chi connectivity index (χ1n) is 11.5. The zero-order valence-electron chi connectivity index (χ0n) is 19.7. The smallest absolute Gasteiger partial charge is 0.379 e. The Hall–Kier alpha value is -3.71. The van der Waals surface area contributed by atoms with Crippen molar-refractivity contribution in [2.24, 2.45) is 7.05 Å². The summed E-state index contributed by atoms with van der Waals surface area (Å²) in [6.07, 6.45) is -1.09. The number of benzene rings is 1. The summed E-state index contributed by atoms with van der Waals surface area (Å²) in [6.45, 7) is 5.01. The molecule has 13 heteroatoms. The van der Waals surface area contributed by atoms with Crippen LogP contribution in [0.1, 0.15) is 11.1 Å². The van der Waals surface area contributed by atoms with Crippen LogP contribution in [-0.2, 0) is 24.5 Å². The lowest BCUT2D eigenvalue weighted by Gasteiger charge is -2.26. The maximum atomic E-state index is 12.9. The van der Waals surface area contributed by atoms with Crippen LogP contribution in [0.4, 0.5) is 30.8 Å². The Balaban J connectivity index is 1.41. The topological polar surface area (TPSA) is 98.0 Å². The zero-order chi connectivity index (χ0) is 25.1. The summed E-state index contributed by atoms with van der Waals surface area (Å²) in [5, 5.41) is 10.7. The lowest BCUT2D eigenvalue weighted by atomic mass is 10.1. The fourth-order valence-electron chi connectivity index (χ4n) is 4.00. The summed E-state index contributed by atoms with van der Waals surface area (Å²) >= 11 is 0. The number of hydrogen-bond acceptors (Lipinski definition) is 8. The van der Waals surface area contributed by atoms with Crippen molar-refractivity contribution in [1.82, 2.24) is 34.2 Å². The van der Waals surface area contributed by atoms with E-state index in [1.165, 1.54) is 12.1 Å². The highest BCUT2D eigenvalue weighted by atomic mass is 19.4. The van der Waals surface area contributed by atoms with Crippen molar-refractivity contribution in [2.75, 3.05) is 50.0 Å². The van der Waals surface area contributed by atoms with Gasteiger partial charge in [-0.25, -0.2) is 4.98 Å². The van der Waals surface area contributed by atoms with E-state index in [-0.39, 0.29) is 0 Å². The molecule has 1 aromatic carbocycles. The molecule has 0 radical (unpaired) electrons. The van der Waals surface area contributed by atoms with Gasteiger partial charge in [-0.1, -0.05) is 12.1 Å². The van der Waals surface area contributed by atoms with Crippen LogP contribution in [-0.4, -0.2) is 73.6 Å². The molecule has 5 rings (SSSR count). The highest BCUT2D eigenvalue weighted by Gasteiger charge is 2.30. The third-order valence-corrected chi connectivity index (χ3v) is 5.98. The van der Waals surface area contributed by atoms with Gasteiger partial charge in [0.15, 0.2) is 17.0 Å². The van der Waals surface area contributed by atoms with E-state index in [2.05, 4.69) is 35.6 Å². The molecule has 0 amide bonds. The van der Waals surface area contributed by atoms with Crippen LogP contribution in [0, 0.1) is 0 Å². The molecule has 3 aromatic heterocycles. The van der Waals surface area contributed by atoms with E-state index in [0.29, 0.717) is 47.4 Å². The second kappa shape index (κ2) is 10.1. The molecule has 1 saturated heterocycles.